The Morgan fingerprint density at radius 1 is 1.67 bits per heavy atom. The van der Waals surface area contributed by atoms with Gasteiger partial charge in [0.1, 0.15) is 0 Å². The Bertz CT molecular complexity index is 226. The first-order valence-corrected chi connectivity index (χ1v) is 5.57. The van der Waals surface area contributed by atoms with E-state index < -0.39 is 0 Å². The number of piperidine rings is 1. The molecule has 1 saturated heterocycles. The molecule has 2 N–H and O–H groups in total. The van der Waals surface area contributed by atoms with Crippen LogP contribution in [-0.4, -0.2) is 43.8 Å². The van der Waals surface area contributed by atoms with Crippen LogP contribution in [0.4, 0.5) is 0 Å². The lowest BCUT2D eigenvalue weighted by Crippen LogP contribution is -2.45. The van der Waals surface area contributed by atoms with Crippen molar-refractivity contribution in [3.63, 3.8) is 0 Å². The Hall–Kier alpha value is -0.630. The fourth-order valence-electron chi connectivity index (χ4n) is 1.99. The molecule has 1 aliphatic rings. The van der Waals surface area contributed by atoms with E-state index in [1.807, 2.05) is 0 Å². The number of nitrogens with zero attached hydrogens (tertiary/aromatic N) is 2. The summed E-state index contributed by atoms with van der Waals surface area (Å²) in [5.74, 6) is 0.635. The van der Waals surface area contributed by atoms with E-state index in [1.54, 1.807) is 7.11 Å². The summed E-state index contributed by atoms with van der Waals surface area (Å²) in [6.07, 6.45) is 2.25. The molecule has 4 heteroatoms. The van der Waals surface area contributed by atoms with E-state index in [9.17, 15) is 0 Å². The minimum Gasteiger partial charge on any atom is -0.380 e. The van der Waals surface area contributed by atoms with Crippen LogP contribution in [0.1, 0.15) is 19.8 Å². The van der Waals surface area contributed by atoms with Crippen molar-refractivity contribution in [3.05, 3.63) is 0 Å². The lowest BCUT2D eigenvalue weighted by atomic mass is 9.95. The smallest absolute Gasteiger partial charge is 0.0940 e. The van der Waals surface area contributed by atoms with Gasteiger partial charge in [0.05, 0.1) is 18.2 Å². The molecule has 0 aromatic heterocycles. The van der Waals surface area contributed by atoms with Gasteiger partial charge < -0.3 is 15.4 Å². The van der Waals surface area contributed by atoms with Crippen molar-refractivity contribution >= 4 is 0 Å². The molecule has 0 aliphatic carbocycles. The third-order valence-corrected chi connectivity index (χ3v) is 3.20. The van der Waals surface area contributed by atoms with Crippen LogP contribution in [0, 0.1) is 17.2 Å². The van der Waals surface area contributed by atoms with Crippen LogP contribution in [0.15, 0.2) is 0 Å². The van der Waals surface area contributed by atoms with Gasteiger partial charge in [-0.25, -0.2) is 0 Å². The van der Waals surface area contributed by atoms with Crippen molar-refractivity contribution < 1.29 is 4.74 Å². The molecule has 3 unspecified atom stereocenters. The molecule has 15 heavy (non-hydrogen) atoms. The molecule has 0 aromatic carbocycles. The maximum Gasteiger partial charge on any atom is 0.0940 e. The van der Waals surface area contributed by atoms with E-state index >= 15 is 0 Å². The van der Waals surface area contributed by atoms with Gasteiger partial charge in [-0.05, 0) is 25.3 Å². The van der Waals surface area contributed by atoms with Crippen molar-refractivity contribution in [1.29, 1.82) is 5.26 Å². The highest BCUT2D eigenvalue weighted by atomic mass is 16.5. The first-order valence-electron chi connectivity index (χ1n) is 5.57. The van der Waals surface area contributed by atoms with E-state index in [4.69, 9.17) is 15.7 Å². The summed E-state index contributed by atoms with van der Waals surface area (Å²) in [5.41, 5.74) is 5.57. The zero-order valence-electron chi connectivity index (χ0n) is 9.65. The molecule has 0 spiro atoms. The third kappa shape index (κ3) is 3.78. The summed E-state index contributed by atoms with van der Waals surface area (Å²) in [5, 5.41) is 8.59. The van der Waals surface area contributed by atoms with Gasteiger partial charge in [-0.2, -0.15) is 5.26 Å². The topological polar surface area (TPSA) is 62.3 Å². The van der Waals surface area contributed by atoms with Gasteiger partial charge in [-0.3, -0.25) is 0 Å². The van der Waals surface area contributed by atoms with Gasteiger partial charge in [0.25, 0.3) is 0 Å². The second-order valence-electron chi connectivity index (χ2n) is 4.36. The minimum absolute atomic E-state index is 0.328. The lowest BCUT2D eigenvalue weighted by molar-refractivity contribution is -0.00524. The third-order valence-electron chi connectivity index (χ3n) is 3.20. The molecule has 1 heterocycles. The van der Waals surface area contributed by atoms with Crippen molar-refractivity contribution in [2.75, 3.05) is 26.7 Å². The SMILES string of the molecule is COC1CN(CCC(N)C#N)CCC1C. The van der Waals surface area contributed by atoms with Crippen LogP contribution >= 0.6 is 0 Å². The molecule has 86 valence electrons. The Morgan fingerprint density at radius 2 is 2.40 bits per heavy atom. The number of ether oxygens (including phenoxy) is 1. The molecule has 0 aromatic rings. The van der Waals surface area contributed by atoms with Gasteiger partial charge in [-0.15, -0.1) is 0 Å². The number of hydrogen-bond donors (Lipinski definition) is 1. The summed E-state index contributed by atoms with van der Waals surface area (Å²) in [6, 6.07) is 1.73. The fourth-order valence-corrected chi connectivity index (χ4v) is 1.99. The van der Waals surface area contributed by atoms with Crippen molar-refractivity contribution in [3.8, 4) is 6.07 Å². The average molecular weight is 211 g/mol. The average Bonchev–Trinajstić information content (AvgIpc) is 2.27. The summed E-state index contributed by atoms with van der Waals surface area (Å²) < 4.78 is 5.43. The quantitative estimate of drug-likeness (QED) is 0.739. The molecular formula is C11H21N3O. The highest BCUT2D eigenvalue weighted by Gasteiger charge is 2.25. The van der Waals surface area contributed by atoms with Crippen LogP contribution in [-0.2, 0) is 4.74 Å². The zero-order chi connectivity index (χ0) is 11.3. The molecule has 0 radical (unpaired) electrons. The minimum atomic E-state index is -0.328. The van der Waals surface area contributed by atoms with Gasteiger partial charge in [0.15, 0.2) is 0 Å². The van der Waals surface area contributed by atoms with Gasteiger partial charge in [-0.1, -0.05) is 6.92 Å². The van der Waals surface area contributed by atoms with E-state index in [2.05, 4.69) is 17.9 Å². The molecular weight excluding hydrogens is 190 g/mol. The van der Waals surface area contributed by atoms with Gasteiger partial charge in [0.2, 0.25) is 0 Å². The Kier molecular flexibility index (Phi) is 5.03. The first-order chi connectivity index (χ1) is 7.17. The van der Waals surface area contributed by atoms with E-state index in [0.29, 0.717) is 12.0 Å². The lowest BCUT2D eigenvalue weighted by Gasteiger charge is -2.36. The molecule has 0 bridgehead atoms. The van der Waals surface area contributed by atoms with Crippen LogP contribution in [0.25, 0.3) is 0 Å². The Morgan fingerprint density at radius 3 is 3.00 bits per heavy atom. The number of methoxy groups -OCH3 is 1. The number of hydrogen-bond acceptors (Lipinski definition) is 4. The summed E-state index contributed by atoms with van der Waals surface area (Å²) in [6.45, 7) is 5.20. The molecule has 1 aliphatic heterocycles. The molecule has 4 nitrogen and oxygen atoms in total. The van der Waals surface area contributed by atoms with Crippen LogP contribution in [0.3, 0.4) is 0 Å². The van der Waals surface area contributed by atoms with Crippen molar-refractivity contribution in [1.82, 2.24) is 4.90 Å². The molecule has 1 fully saturated rings. The summed E-state index contributed by atoms with van der Waals surface area (Å²) in [7, 11) is 1.77. The van der Waals surface area contributed by atoms with Gasteiger partial charge in [0, 0.05) is 20.2 Å². The summed E-state index contributed by atoms with van der Waals surface area (Å²) in [4.78, 5) is 2.34. The standard InChI is InChI=1S/C11H21N3O/c1-9-3-5-14(8-11(9)15-2)6-4-10(13)7-12/h9-11H,3-6,8,13H2,1-2H3. The molecule has 0 saturated carbocycles. The fraction of sp³-hybridized carbons (Fsp3) is 0.909. The monoisotopic (exact) mass is 211 g/mol. The maximum absolute atomic E-state index is 8.59. The number of nitriles is 1. The van der Waals surface area contributed by atoms with E-state index in [0.717, 1.165) is 26.1 Å². The van der Waals surface area contributed by atoms with Gasteiger partial charge >= 0.3 is 0 Å². The highest BCUT2D eigenvalue weighted by Crippen LogP contribution is 2.19. The molecule has 3 atom stereocenters. The van der Waals surface area contributed by atoms with Crippen LogP contribution in [0.5, 0.6) is 0 Å². The highest BCUT2D eigenvalue weighted by molar-refractivity contribution is 4.88. The first kappa shape index (κ1) is 12.4. The van der Waals surface area contributed by atoms with Crippen molar-refractivity contribution in [2.45, 2.75) is 31.9 Å². The number of nitrogens with two attached hydrogens (primary N) is 1. The van der Waals surface area contributed by atoms with E-state index in [1.165, 1.54) is 6.42 Å². The van der Waals surface area contributed by atoms with E-state index in [-0.39, 0.29) is 6.04 Å². The van der Waals surface area contributed by atoms with Crippen molar-refractivity contribution in [2.24, 2.45) is 11.7 Å². The molecule has 0 amide bonds. The predicted molar refractivity (Wildman–Crippen MR) is 59.2 cm³/mol. The largest absolute Gasteiger partial charge is 0.380 e. The van der Waals surface area contributed by atoms with Crippen LogP contribution < -0.4 is 5.73 Å². The normalized spacial score (nSPS) is 29.7. The predicted octanol–water partition coefficient (Wildman–Crippen LogP) is 0.584. The van der Waals surface area contributed by atoms with Crippen LogP contribution in [0.2, 0.25) is 0 Å². The molecule has 1 rings (SSSR count). The Labute approximate surface area is 92.0 Å². The summed E-state index contributed by atoms with van der Waals surface area (Å²) >= 11 is 0. The zero-order valence-corrected chi connectivity index (χ0v) is 9.65. The maximum atomic E-state index is 8.59. The number of rotatable bonds is 4. The second-order valence-corrected chi connectivity index (χ2v) is 4.36. The Balaban J connectivity index is 2.29. The second kappa shape index (κ2) is 6.06. The number of likely N-dealkylation sites (tertiary alicyclic amines) is 1.